The summed E-state index contributed by atoms with van der Waals surface area (Å²) in [6.45, 7) is 3.60. The highest BCUT2D eigenvalue weighted by molar-refractivity contribution is 5.94. The molecule has 0 bridgehead atoms. The van der Waals surface area contributed by atoms with Gasteiger partial charge >= 0.3 is 0 Å². The van der Waals surface area contributed by atoms with Gasteiger partial charge in [0.15, 0.2) is 0 Å². The minimum absolute atomic E-state index is 0.0265. The van der Waals surface area contributed by atoms with Crippen LogP contribution in [0.5, 0.6) is 5.75 Å². The lowest BCUT2D eigenvalue weighted by molar-refractivity contribution is 0.0691. The normalized spacial score (nSPS) is 21.3. The molecule has 1 atom stereocenters. The Hall–Kier alpha value is -2.84. The van der Waals surface area contributed by atoms with Crippen molar-refractivity contribution in [1.29, 1.82) is 5.26 Å². The molecule has 1 amide bonds. The van der Waals surface area contributed by atoms with E-state index in [1.165, 1.54) is 36.9 Å². The number of carbonyl (C=O) groups excluding carboxylic acids is 1. The Balaban J connectivity index is 1.20. The fourth-order valence-electron chi connectivity index (χ4n) is 5.25. The highest BCUT2D eigenvalue weighted by Crippen LogP contribution is 2.29. The Bertz CT molecular complexity index is 1010. The second-order valence-corrected chi connectivity index (χ2v) is 9.35. The Morgan fingerprint density at radius 1 is 0.969 bits per heavy atom. The number of hydrogen-bond donors (Lipinski definition) is 0. The number of benzene rings is 2. The summed E-state index contributed by atoms with van der Waals surface area (Å²) in [7, 11) is 0. The van der Waals surface area contributed by atoms with Crippen LogP contribution in [-0.2, 0) is 12.8 Å². The van der Waals surface area contributed by atoms with Crippen molar-refractivity contribution in [2.75, 3.05) is 26.2 Å². The van der Waals surface area contributed by atoms with E-state index < -0.39 is 0 Å². The minimum atomic E-state index is 0.0265. The summed E-state index contributed by atoms with van der Waals surface area (Å²) in [5, 5.41) is 8.98. The fourth-order valence-corrected chi connectivity index (χ4v) is 5.25. The van der Waals surface area contributed by atoms with Crippen LogP contribution in [0.1, 0.15) is 59.2 Å². The zero-order valence-electron chi connectivity index (χ0n) is 18.6. The first-order valence-corrected chi connectivity index (χ1v) is 12.0. The van der Waals surface area contributed by atoms with E-state index in [1.54, 1.807) is 24.3 Å². The molecule has 5 rings (SSSR count). The number of fused-ring (bicyclic) bond motifs is 1. The number of ether oxygens (including phenoxy) is 1. The summed E-state index contributed by atoms with van der Waals surface area (Å²) in [6.07, 6.45) is 8.30. The number of amides is 1. The number of hydrogen-bond acceptors (Lipinski definition) is 4. The molecule has 2 fully saturated rings. The Morgan fingerprint density at radius 3 is 2.47 bits per heavy atom. The lowest BCUT2D eigenvalue weighted by Crippen LogP contribution is -2.41. The van der Waals surface area contributed by atoms with Crippen LogP contribution < -0.4 is 4.74 Å². The van der Waals surface area contributed by atoms with Gasteiger partial charge in [-0.25, -0.2) is 0 Å². The van der Waals surface area contributed by atoms with Crippen molar-refractivity contribution in [3.05, 3.63) is 64.7 Å². The van der Waals surface area contributed by atoms with Gasteiger partial charge < -0.3 is 9.64 Å². The number of nitriles is 1. The molecule has 2 heterocycles. The lowest BCUT2D eigenvalue weighted by atomic mass is 9.91. The maximum Gasteiger partial charge on any atom is 0.254 e. The van der Waals surface area contributed by atoms with Gasteiger partial charge in [0.2, 0.25) is 0 Å². The van der Waals surface area contributed by atoms with Crippen LogP contribution in [0, 0.1) is 11.3 Å². The van der Waals surface area contributed by atoms with Crippen molar-refractivity contribution in [3.8, 4) is 11.8 Å². The van der Waals surface area contributed by atoms with Crippen LogP contribution in [0.15, 0.2) is 42.5 Å². The van der Waals surface area contributed by atoms with Crippen molar-refractivity contribution in [2.24, 2.45) is 0 Å². The second-order valence-electron chi connectivity index (χ2n) is 9.35. The molecule has 0 aromatic heterocycles. The Labute approximate surface area is 190 Å². The van der Waals surface area contributed by atoms with Crippen LogP contribution in [0.4, 0.5) is 0 Å². The molecule has 3 aliphatic rings. The van der Waals surface area contributed by atoms with Gasteiger partial charge in [-0.1, -0.05) is 12.5 Å². The first-order valence-electron chi connectivity index (χ1n) is 12.0. The Morgan fingerprint density at radius 2 is 1.75 bits per heavy atom. The summed E-state index contributed by atoms with van der Waals surface area (Å²) >= 11 is 0. The predicted octanol–water partition coefficient (Wildman–Crippen LogP) is 4.19. The molecular weight excluding hydrogens is 398 g/mol. The number of nitrogens with zero attached hydrogens (tertiary/aromatic N) is 3. The molecule has 0 N–H and O–H groups in total. The first-order chi connectivity index (χ1) is 15.7. The molecule has 166 valence electrons. The molecule has 1 saturated carbocycles. The van der Waals surface area contributed by atoms with E-state index in [2.05, 4.69) is 29.2 Å². The summed E-state index contributed by atoms with van der Waals surface area (Å²) < 4.78 is 6.21. The van der Waals surface area contributed by atoms with Crippen LogP contribution in [0.3, 0.4) is 0 Å². The van der Waals surface area contributed by atoms with E-state index >= 15 is 0 Å². The molecule has 32 heavy (non-hydrogen) atoms. The van der Waals surface area contributed by atoms with Crippen LogP contribution in [-0.4, -0.2) is 54.0 Å². The first kappa shape index (κ1) is 21.0. The maximum atomic E-state index is 13.0. The third kappa shape index (κ3) is 4.38. The van der Waals surface area contributed by atoms with Crippen LogP contribution in [0.2, 0.25) is 0 Å². The van der Waals surface area contributed by atoms with E-state index in [1.807, 2.05) is 4.90 Å². The standard InChI is InChI=1S/C27H31N3O2/c28-18-20-6-8-22(9-7-20)27(31)30-14-2-5-25(30)19-32-26-11-10-21-12-15-29(24-3-1-4-24)16-13-23(21)17-26/h6-11,17,24-25H,1-5,12-16,19H2. The van der Waals surface area contributed by atoms with Gasteiger partial charge in [-0.2, -0.15) is 5.26 Å². The molecular formula is C27H31N3O2. The van der Waals surface area contributed by atoms with Crippen molar-refractivity contribution >= 4 is 5.91 Å². The zero-order valence-corrected chi connectivity index (χ0v) is 18.6. The van der Waals surface area contributed by atoms with E-state index in [-0.39, 0.29) is 11.9 Å². The summed E-state index contributed by atoms with van der Waals surface area (Å²) in [5.41, 5.74) is 4.08. The average Bonchev–Trinajstić information content (AvgIpc) is 3.17. The largest absolute Gasteiger partial charge is 0.491 e. The molecule has 1 unspecified atom stereocenters. The van der Waals surface area contributed by atoms with Gasteiger partial charge in [-0.3, -0.25) is 9.69 Å². The Kier molecular flexibility index (Phi) is 6.14. The predicted molar refractivity (Wildman–Crippen MR) is 124 cm³/mol. The molecule has 5 nitrogen and oxygen atoms in total. The van der Waals surface area contributed by atoms with Crippen molar-refractivity contribution in [3.63, 3.8) is 0 Å². The monoisotopic (exact) mass is 429 g/mol. The highest BCUT2D eigenvalue weighted by Gasteiger charge is 2.30. The topological polar surface area (TPSA) is 56.6 Å². The van der Waals surface area contributed by atoms with E-state index in [0.29, 0.717) is 17.7 Å². The maximum absolute atomic E-state index is 13.0. The summed E-state index contributed by atoms with van der Waals surface area (Å²) in [4.78, 5) is 17.6. The SMILES string of the molecule is N#Cc1ccc(C(=O)N2CCCC2COc2ccc3c(c2)CCN(C2CCC2)CC3)cc1. The molecule has 0 spiro atoms. The highest BCUT2D eigenvalue weighted by atomic mass is 16.5. The second kappa shape index (κ2) is 9.34. The third-order valence-corrected chi connectivity index (χ3v) is 7.45. The summed E-state index contributed by atoms with van der Waals surface area (Å²) in [6, 6.07) is 16.5. The minimum Gasteiger partial charge on any atom is -0.491 e. The van der Waals surface area contributed by atoms with Gasteiger partial charge in [-0.15, -0.1) is 0 Å². The van der Waals surface area contributed by atoms with Crippen molar-refractivity contribution < 1.29 is 9.53 Å². The lowest BCUT2D eigenvalue weighted by Gasteiger charge is -2.36. The molecule has 5 heteroatoms. The van der Waals surface area contributed by atoms with Gasteiger partial charge in [0.25, 0.3) is 5.91 Å². The van der Waals surface area contributed by atoms with E-state index in [9.17, 15) is 4.79 Å². The van der Waals surface area contributed by atoms with E-state index in [4.69, 9.17) is 10.00 Å². The van der Waals surface area contributed by atoms with E-state index in [0.717, 1.165) is 50.6 Å². The smallest absolute Gasteiger partial charge is 0.254 e. The quantitative estimate of drug-likeness (QED) is 0.715. The van der Waals surface area contributed by atoms with Gasteiger partial charge in [-0.05, 0) is 86.1 Å². The van der Waals surface area contributed by atoms with Gasteiger partial charge in [0.1, 0.15) is 12.4 Å². The van der Waals surface area contributed by atoms with Crippen molar-refractivity contribution in [1.82, 2.24) is 9.80 Å². The molecule has 1 aliphatic carbocycles. The molecule has 2 aliphatic heterocycles. The van der Waals surface area contributed by atoms with Crippen molar-refractivity contribution in [2.45, 2.75) is 57.0 Å². The fraction of sp³-hybridized carbons (Fsp3) is 0.481. The third-order valence-electron chi connectivity index (χ3n) is 7.45. The number of rotatable bonds is 5. The molecule has 0 radical (unpaired) electrons. The molecule has 2 aromatic rings. The van der Waals surface area contributed by atoms with Crippen LogP contribution in [0.25, 0.3) is 0 Å². The summed E-state index contributed by atoms with van der Waals surface area (Å²) in [5.74, 6) is 0.942. The van der Waals surface area contributed by atoms with Gasteiger partial charge in [0, 0.05) is 31.2 Å². The number of carbonyl (C=O) groups is 1. The van der Waals surface area contributed by atoms with Gasteiger partial charge in [0.05, 0.1) is 17.7 Å². The number of likely N-dealkylation sites (tertiary alicyclic amines) is 1. The average molecular weight is 430 g/mol. The molecule has 2 aromatic carbocycles. The van der Waals surface area contributed by atoms with Crippen LogP contribution >= 0.6 is 0 Å². The molecule has 1 saturated heterocycles. The zero-order chi connectivity index (χ0) is 21.9.